The van der Waals surface area contributed by atoms with Crippen LogP contribution >= 0.6 is 0 Å². The molecule has 0 aromatic heterocycles. The van der Waals surface area contributed by atoms with Gasteiger partial charge in [-0.05, 0) is 6.92 Å². The Morgan fingerprint density at radius 1 is 1.21 bits per heavy atom. The Hall–Kier alpha value is -1.64. The van der Waals surface area contributed by atoms with Crippen molar-refractivity contribution in [1.29, 1.82) is 0 Å². The number of Topliss-reactive ketones (excluding diaryl/α,β-unsaturated/α-hetero) is 1. The van der Waals surface area contributed by atoms with Gasteiger partial charge in [0.05, 0.1) is 6.42 Å². The third-order valence-electron chi connectivity index (χ3n) is 1.97. The van der Waals surface area contributed by atoms with Crippen molar-refractivity contribution in [3.63, 3.8) is 0 Å². The fourth-order valence-corrected chi connectivity index (χ4v) is 1.08. The SMILES string of the molecule is CNC(=O)CC(=O)c1ccc(C)cc1. The minimum Gasteiger partial charge on any atom is -0.359 e. The van der Waals surface area contributed by atoms with Crippen molar-refractivity contribution >= 4 is 11.7 Å². The molecular formula is C11H13NO2. The summed E-state index contributed by atoms with van der Waals surface area (Å²) >= 11 is 0. The number of carbonyl (C=O) groups is 2. The van der Waals surface area contributed by atoms with Crippen LogP contribution in [0.1, 0.15) is 22.3 Å². The number of nitrogens with one attached hydrogen (secondary N) is 1. The Morgan fingerprint density at radius 3 is 2.29 bits per heavy atom. The van der Waals surface area contributed by atoms with Crippen LogP contribution in [-0.2, 0) is 4.79 Å². The van der Waals surface area contributed by atoms with Crippen LogP contribution in [0.5, 0.6) is 0 Å². The Kier molecular flexibility index (Phi) is 3.40. The average Bonchev–Trinajstić information content (AvgIpc) is 2.18. The number of aryl methyl sites for hydroxylation is 1. The smallest absolute Gasteiger partial charge is 0.227 e. The minimum absolute atomic E-state index is 0.0838. The molecular weight excluding hydrogens is 178 g/mol. The van der Waals surface area contributed by atoms with Crippen molar-refractivity contribution in [2.45, 2.75) is 13.3 Å². The molecule has 1 amide bonds. The van der Waals surface area contributed by atoms with Gasteiger partial charge in [-0.1, -0.05) is 29.8 Å². The molecule has 0 heterocycles. The maximum absolute atomic E-state index is 11.5. The number of rotatable bonds is 3. The van der Waals surface area contributed by atoms with E-state index in [1.807, 2.05) is 19.1 Å². The summed E-state index contributed by atoms with van der Waals surface area (Å²) in [5, 5.41) is 2.42. The molecule has 0 aliphatic carbocycles. The Labute approximate surface area is 83.1 Å². The number of ketones is 1. The van der Waals surface area contributed by atoms with E-state index in [2.05, 4.69) is 5.32 Å². The molecule has 0 bridgehead atoms. The van der Waals surface area contributed by atoms with E-state index in [1.165, 1.54) is 7.05 Å². The van der Waals surface area contributed by atoms with Gasteiger partial charge in [-0.25, -0.2) is 0 Å². The molecule has 0 spiro atoms. The van der Waals surface area contributed by atoms with Gasteiger partial charge in [0.2, 0.25) is 5.91 Å². The zero-order valence-corrected chi connectivity index (χ0v) is 8.33. The molecule has 1 N–H and O–H groups in total. The second-order valence-electron chi connectivity index (χ2n) is 3.14. The van der Waals surface area contributed by atoms with Gasteiger partial charge in [0.1, 0.15) is 0 Å². The predicted octanol–water partition coefficient (Wildman–Crippen LogP) is 1.31. The molecule has 14 heavy (non-hydrogen) atoms. The zero-order valence-electron chi connectivity index (χ0n) is 8.33. The van der Waals surface area contributed by atoms with Crippen LogP contribution in [0.25, 0.3) is 0 Å². The van der Waals surface area contributed by atoms with Crippen LogP contribution in [0.15, 0.2) is 24.3 Å². The number of hydrogen-bond acceptors (Lipinski definition) is 2. The van der Waals surface area contributed by atoms with Crippen LogP contribution in [-0.4, -0.2) is 18.7 Å². The molecule has 0 saturated heterocycles. The lowest BCUT2D eigenvalue weighted by molar-refractivity contribution is -0.119. The summed E-state index contributed by atoms with van der Waals surface area (Å²) in [7, 11) is 1.52. The van der Waals surface area contributed by atoms with Crippen LogP contribution in [0.4, 0.5) is 0 Å². The van der Waals surface area contributed by atoms with Crippen LogP contribution in [0.3, 0.4) is 0 Å². The van der Waals surface area contributed by atoms with E-state index in [0.717, 1.165) is 5.56 Å². The van der Waals surface area contributed by atoms with Gasteiger partial charge in [-0.15, -0.1) is 0 Å². The van der Waals surface area contributed by atoms with Gasteiger partial charge in [-0.2, -0.15) is 0 Å². The monoisotopic (exact) mass is 191 g/mol. The molecule has 1 aromatic rings. The van der Waals surface area contributed by atoms with Crippen molar-refractivity contribution in [3.8, 4) is 0 Å². The first-order valence-corrected chi connectivity index (χ1v) is 4.44. The number of benzene rings is 1. The molecule has 1 aromatic carbocycles. The molecule has 3 heteroatoms. The number of hydrogen-bond donors (Lipinski definition) is 1. The molecule has 0 atom stereocenters. The highest BCUT2D eigenvalue weighted by atomic mass is 16.2. The van der Waals surface area contributed by atoms with Gasteiger partial charge in [-0.3, -0.25) is 9.59 Å². The van der Waals surface area contributed by atoms with Crippen molar-refractivity contribution in [2.75, 3.05) is 7.05 Å². The molecule has 0 saturated carbocycles. The second kappa shape index (κ2) is 4.56. The third kappa shape index (κ3) is 2.69. The average molecular weight is 191 g/mol. The molecule has 74 valence electrons. The maximum atomic E-state index is 11.5. The van der Waals surface area contributed by atoms with E-state index in [1.54, 1.807) is 12.1 Å². The summed E-state index contributed by atoms with van der Waals surface area (Å²) in [5.41, 5.74) is 1.68. The molecule has 0 unspecified atom stereocenters. The molecule has 0 fully saturated rings. The van der Waals surface area contributed by atoms with E-state index in [-0.39, 0.29) is 18.1 Å². The maximum Gasteiger partial charge on any atom is 0.227 e. The molecule has 0 aliphatic rings. The Bertz CT molecular complexity index is 341. The van der Waals surface area contributed by atoms with Crippen molar-refractivity contribution in [1.82, 2.24) is 5.32 Å². The summed E-state index contributed by atoms with van der Waals surface area (Å²) in [5.74, 6) is -0.403. The highest BCUT2D eigenvalue weighted by molar-refractivity contribution is 6.07. The topological polar surface area (TPSA) is 46.2 Å². The summed E-state index contributed by atoms with van der Waals surface area (Å²) in [6.07, 6.45) is -0.0838. The van der Waals surface area contributed by atoms with E-state index >= 15 is 0 Å². The summed E-state index contributed by atoms with van der Waals surface area (Å²) in [4.78, 5) is 22.4. The highest BCUT2D eigenvalue weighted by Gasteiger charge is 2.09. The van der Waals surface area contributed by atoms with Crippen molar-refractivity contribution < 1.29 is 9.59 Å². The van der Waals surface area contributed by atoms with Gasteiger partial charge in [0.25, 0.3) is 0 Å². The van der Waals surface area contributed by atoms with Crippen molar-refractivity contribution in [3.05, 3.63) is 35.4 Å². The quantitative estimate of drug-likeness (QED) is 0.578. The van der Waals surface area contributed by atoms with Gasteiger partial charge < -0.3 is 5.32 Å². The largest absolute Gasteiger partial charge is 0.359 e. The fourth-order valence-electron chi connectivity index (χ4n) is 1.08. The van der Waals surface area contributed by atoms with Gasteiger partial charge >= 0.3 is 0 Å². The van der Waals surface area contributed by atoms with Crippen molar-refractivity contribution in [2.24, 2.45) is 0 Å². The summed E-state index contributed by atoms with van der Waals surface area (Å²) in [6, 6.07) is 7.19. The first-order valence-electron chi connectivity index (χ1n) is 4.44. The molecule has 0 aliphatic heterocycles. The summed E-state index contributed by atoms with van der Waals surface area (Å²) in [6.45, 7) is 1.95. The summed E-state index contributed by atoms with van der Waals surface area (Å²) < 4.78 is 0. The standard InChI is InChI=1S/C11H13NO2/c1-8-3-5-9(6-4-8)10(13)7-11(14)12-2/h3-6H,7H2,1-2H3,(H,12,14). The third-order valence-corrected chi connectivity index (χ3v) is 1.97. The minimum atomic E-state index is -0.254. The zero-order chi connectivity index (χ0) is 10.6. The lowest BCUT2D eigenvalue weighted by atomic mass is 10.1. The molecule has 3 nitrogen and oxygen atoms in total. The predicted molar refractivity (Wildman–Crippen MR) is 54.2 cm³/mol. The lowest BCUT2D eigenvalue weighted by Gasteiger charge is -2.00. The first-order chi connectivity index (χ1) is 6.63. The Morgan fingerprint density at radius 2 is 1.79 bits per heavy atom. The molecule has 1 rings (SSSR count). The second-order valence-corrected chi connectivity index (χ2v) is 3.14. The van der Waals surface area contributed by atoms with Crippen LogP contribution < -0.4 is 5.32 Å². The number of amides is 1. The van der Waals surface area contributed by atoms with E-state index < -0.39 is 0 Å². The van der Waals surface area contributed by atoms with Gasteiger partial charge in [0, 0.05) is 12.6 Å². The van der Waals surface area contributed by atoms with Crippen LogP contribution in [0, 0.1) is 6.92 Å². The van der Waals surface area contributed by atoms with E-state index in [4.69, 9.17) is 0 Å². The first kappa shape index (κ1) is 10.4. The fraction of sp³-hybridized carbons (Fsp3) is 0.273. The van der Waals surface area contributed by atoms with E-state index in [9.17, 15) is 9.59 Å². The molecule has 0 radical (unpaired) electrons. The van der Waals surface area contributed by atoms with Crippen LogP contribution in [0.2, 0.25) is 0 Å². The highest BCUT2D eigenvalue weighted by Crippen LogP contribution is 2.05. The Balaban J connectivity index is 2.70. The normalized spacial score (nSPS) is 9.57. The van der Waals surface area contributed by atoms with E-state index in [0.29, 0.717) is 5.56 Å². The van der Waals surface area contributed by atoms with Gasteiger partial charge in [0.15, 0.2) is 5.78 Å². The lowest BCUT2D eigenvalue weighted by Crippen LogP contribution is -2.21. The number of carbonyl (C=O) groups excluding carboxylic acids is 2.